The van der Waals surface area contributed by atoms with Crippen LogP contribution in [0, 0.1) is 11.3 Å². The second-order valence-electron chi connectivity index (χ2n) is 4.43. The molecule has 0 fully saturated rings. The predicted octanol–water partition coefficient (Wildman–Crippen LogP) is 3.26. The van der Waals surface area contributed by atoms with Crippen molar-refractivity contribution in [2.24, 2.45) is 0 Å². The normalized spacial score (nSPS) is 11.3. The van der Waals surface area contributed by atoms with Crippen molar-refractivity contribution >= 4 is 46.8 Å². The second kappa shape index (κ2) is 7.02. The Labute approximate surface area is 151 Å². The molecular formula is C14H10Cl3N3O2S. The second-order valence-corrected chi connectivity index (χ2v) is 8.54. The number of benzene rings is 1. The SMILES string of the molecule is CCc1ccccc1-n1cc(C#N)c(=O)n(SC(Cl)(Cl)Cl)c1=O. The average Bonchev–Trinajstić information content (AvgIpc) is 2.51. The molecule has 0 bridgehead atoms. The topological polar surface area (TPSA) is 67.8 Å². The van der Waals surface area contributed by atoms with E-state index in [0.717, 1.165) is 5.56 Å². The molecule has 0 radical (unpaired) electrons. The highest BCUT2D eigenvalue weighted by Gasteiger charge is 2.26. The van der Waals surface area contributed by atoms with Crippen molar-refractivity contribution < 1.29 is 0 Å². The molecule has 1 heterocycles. The van der Waals surface area contributed by atoms with Crippen LogP contribution in [0.15, 0.2) is 40.1 Å². The first kappa shape index (κ1) is 18.0. The Kier molecular flexibility index (Phi) is 5.48. The predicted molar refractivity (Wildman–Crippen MR) is 93.7 cm³/mol. The molecule has 23 heavy (non-hydrogen) atoms. The van der Waals surface area contributed by atoms with Gasteiger partial charge in [0.25, 0.3) is 8.68 Å². The van der Waals surface area contributed by atoms with E-state index in [2.05, 4.69) is 0 Å². The molecule has 0 aliphatic carbocycles. The Hall–Kier alpha value is -1.39. The summed E-state index contributed by atoms with van der Waals surface area (Å²) < 4.78 is -0.0284. The van der Waals surface area contributed by atoms with Crippen LogP contribution in [0.2, 0.25) is 0 Å². The Balaban J connectivity index is 2.81. The van der Waals surface area contributed by atoms with Crippen LogP contribution < -0.4 is 11.2 Å². The van der Waals surface area contributed by atoms with E-state index in [0.29, 0.717) is 28.0 Å². The largest absolute Gasteiger partial charge is 0.346 e. The maximum absolute atomic E-state index is 12.6. The van der Waals surface area contributed by atoms with Crippen LogP contribution in [0.4, 0.5) is 0 Å². The van der Waals surface area contributed by atoms with Crippen molar-refractivity contribution in [2.45, 2.75) is 16.5 Å². The summed E-state index contributed by atoms with van der Waals surface area (Å²) in [6.45, 7) is 1.93. The summed E-state index contributed by atoms with van der Waals surface area (Å²) in [7, 11) is 0. The van der Waals surface area contributed by atoms with Crippen molar-refractivity contribution in [3.63, 3.8) is 0 Å². The fourth-order valence-electron chi connectivity index (χ4n) is 2.01. The standard InChI is InChI=1S/C14H10Cl3N3O2S/c1-2-9-5-3-4-6-11(9)19-8-10(7-18)12(21)20(13(19)22)23-14(15,16)17/h3-6,8H,2H2,1H3. The molecule has 120 valence electrons. The van der Waals surface area contributed by atoms with E-state index in [1.165, 1.54) is 10.8 Å². The lowest BCUT2D eigenvalue weighted by Gasteiger charge is -2.15. The third-order valence-corrected chi connectivity index (χ3v) is 4.33. The van der Waals surface area contributed by atoms with E-state index in [4.69, 9.17) is 40.1 Å². The lowest BCUT2D eigenvalue weighted by atomic mass is 10.1. The minimum absolute atomic E-state index is 0.225. The van der Waals surface area contributed by atoms with Crippen LogP contribution in [0.25, 0.3) is 5.69 Å². The van der Waals surface area contributed by atoms with Crippen molar-refractivity contribution in [2.75, 3.05) is 0 Å². The molecule has 2 rings (SSSR count). The van der Waals surface area contributed by atoms with E-state index in [-0.39, 0.29) is 5.56 Å². The Morgan fingerprint density at radius 1 is 1.26 bits per heavy atom. The number of hydrogen-bond acceptors (Lipinski definition) is 4. The third-order valence-electron chi connectivity index (χ3n) is 3.00. The van der Waals surface area contributed by atoms with Crippen molar-refractivity contribution in [1.82, 2.24) is 8.54 Å². The summed E-state index contributed by atoms with van der Waals surface area (Å²) in [5.41, 5.74) is -0.305. The zero-order valence-corrected chi connectivity index (χ0v) is 14.9. The third kappa shape index (κ3) is 3.93. The van der Waals surface area contributed by atoms with Gasteiger partial charge >= 0.3 is 5.69 Å². The zero-order valence-electron chi connectivity index (χ0n) is 11.8. The molecule has 0 aliphatic heterocycles. The van der Waals surface area contributed by atoms with E-state index in [1.54, 1.807) is 18.2 Å². The quantitative estimate of drug-likeness (QED) is 0.754. The van der Waals surface area contributed by atoms with E-state index >= 15 is 0 Å². The number of halogens is 3. The van der Waals surface area contributed by atoms with Gasteiger partial charge in [0.15, 0.2) is 0 Å². The molecule has 0 saturated carbocycles. The smallest absolute Gasteiger partial charge is 0.267 e. The molecule has 1 aromatic carbocycles. The summed E-state index contributed by atoms with van der Waals surface area (Å²) in [6.07, 6.45) is 1.87. The zero-order chi connectivity index (χ0) is 17.2. The maximum Gasteiger partial charge on any atom is 0.346 e. The molecule has 0 spiro atoms. The molecule has 0 saturated heterocycles. The van der Waals surface area contributed by atoms with E-state index < -0.39 is 14.4 Å². The van der Waals surface area contributed by atoms with Crippen molar-refractivity contribution in [3.05, 3.63) is 62.4 Å². The number of aromatic nitrogens is 2. The monoisotopic (exact) mass is 389 g/mol. The first-order valence-corrected chi connectivity index (χ1v) is 8.32. The van der Waals surface area contributed by atoms with Crippen LogP contribution in [0.5, 0.6) is 0 Å². The summed E-state index contributed by atoms with van der Waals surface area (Å²) in [5, 5.41) is 9.14. The summed E-state index contributed by atoms with van der Waals surface area (Å²) in [4.78, 5) is 24.8. The molecule has 1 aromatic heterocycles. The van der Waals surface area contributed by atoms with E-state index in [9.17, 15) is 9.59 Å². The van der Waals surface area contributed by atoms with Crippen molar-refractivity contribution in [1.29, 1.82) is 5.26 Å². The molecule has 0 atom stereocenters. The molecule has 0 aliphatic rings. The van der Waals surface area contributed by atoms with Gasteiger partial charge in [0.2, 0.25) is 0 Å². The molecule has 2 aromatic rings. The maximum atomic E-state index is 12.6. The highest BCUT2D eigenvalue weighted by molar-refractivity contribution is 8.03. The number of para-hydroxylation sites is 1. The highest BCUT2D eigenvalue weighted by atomic mass is 35.6. The van der Waals surface area contributed by atoms with Gasteiger partial charge in [-0.1, -0.05) is 59.9 Å². The summed E-state index contributed by atoms with van der Waals surface area (Å²) in [5.74, 6) is 0. The van der Waals surface area contributed by atoms with Gasteiger partial charge in [-0.3, -0.25) is 9.36 Å². The lowest BCUT2D eigenvalue weighted by molar-refractivity contribution is 0.846. The molecule has 9 heteroatoms. The Morgan fingerprint density at radius 3 is 2.48 bits per heavy atom. The molecule has 0 N–H and O–H groups in total. The number of alkyl halides is 3. The molecular weight excluding hydrogens is 381 g/mol. The van der Waals surface area contributed by atoms with Crippen LogP contribution >= 0.6 is 46.8 Å². The average molecular weight is 391 g/mol. The van der Waals surface area contributed by atoms with Gasteiger partial charge in [0, 0.05) is 18.1 Å². The van der Waals surface area contributed by atoms with Gasteiger partial charge in [-0.2, -0.15) is 9.23 Å². The van der Waals surface area contributed by atoms with Gasteiger partial charge in [0.05, 0.1) is 5.69 Å². The number of nitrogens with zero attached hydrogens (tertiary/aromatic N) is 3. The number of hydrogen-bond donors (Lipinski definition) is 0. The number of aryl methyl sites for hydroxylation is 1. The fraction of sp³-hybridized carbons (Fsp3) is 0.214. The molecule has 0 amide bonds. The Morgan fingerprint density at radius 2 is 1.91 bits per heavy atom. The summed E-state index contributed by atoms with van der Waals surface area (Å²) in [6, 6.07) is 8.92. The van der Waals surface area contributed by atoms with Crippen LogP contribution in [0.3, 0.4) is 0 Å². The van der Waals surface area contributed by atoms with Crippen LogP contribution in [-0.2, 0) is 6.42 Å². The van der Waals surface area contributed by atoms with Gasteiger partial charge in [-0.15, -0.1) is 0 Å². The minimum Gasteiger partial charge on any atom is -0.267 e. The first-order chi connectivity index (χ1) is 10.8. The molecule has 0 unspecified atom stereocenters. The highest BCUT2D eigenvalue weighted by Crippen LogP contribution is 2.38. The van der Waals surface area contributed by atoms with Gasteiger partial charge in [-0.05, 0) is 18.1 Å². The Bertz CT molecular complexity index is 894. The van der Waals surface area contributed by atoms with E-state index in [1.807, 2.05) is 19.1 Å². The molecule has 5 nitrogen and oxygen atoms in total. The van der Waals surface area contributed by atoms with Gasteiger partial charge in [0.1, 0.15) is 11.6 Å². The van der Waals surface area contributed by atoms with Crippen LogP contribution in [0.1, 0.15) is 18.1 Å². The lowest BCUT2D eigenvalue weighted by Crippen LogP contribution is -2.38. The van der Waals surface area contributed by atoms with Crippen molar-refractivity contribution in [3.8, 4) is 11.8 Å². The summed E-state index contributed by atoms with van der Waals surface area (Å²) >= 11 is 17.4. The van der Waals surface area contributed by atoms with Gasteiger partial charge < -0.3 is 0 Å². The van der Waals surface area contributed by atoms with Gasteiger partial charge in [-0.25, -0.2) is 4.79 Å². The van der Waals surface area contributed by atoms with Crippen LogP contribution in [-0.4, -0.2) is 11.7 Å². The number of nitriles is 1. The fourth-order valence-corrected chi connectivity index (χ4v) is 3.19. The minimum atomic E-state index is -1.92. The number of rotatable bonds is 3. The first-order valence-electron chi connectivity index (χ1n) is 6.41.